The van der Waals surface area contributed by atoms with Crippen LogP contribution in [0.5, 0.6) is 5.75 Å². The Morgan fingerprint density at radius 1 is 1.43 bits per heavy atom. The maximum Gasteiger partial charge on any atom is 0.240 e. The van der Waals surface area contributed by atoms with Crippen LogP contribution in [0, 0.1) is 0 Å². The van der Waals surface area contributed by atoms with E-state index in [9.17, 15) is 4.79 Å². The molecule has 1 aliphatic rings. The number of hydrogen-bond donors (Lipinski definition) is 1. The fraction of sp³-hybridized carbons (Fsp3) is 0.611. The molecule has 5 heteroatoms. The van der Waals surface area contributed by atoms with E-state index < -0.39 is 0 Å². The normalized spacial score (nSPS) is 18.6. The van der Waals surface area contributed by atoms with E-state index >= 15 is 0 Å². The van der Waals surface area contributed by atoms with Gasteiger partial charge in [-0.3, -0.25) is 9.69 Å². The second kappa shape index (κ2) is 9.53. The summed E-state index contributed by atoms with van der Waals surface area (Å²) in [7, 11) is 0. The Hall–Kier alpha value is -1.59. The molecular formula is C18H28N2O3. The standard InChI is InChI=1S/C18H28N2O3/c1-3-5-10-23-16-8-6-7-15(12-16)13-19-18(21)17-14-22-11-9-20(17)4-2/h6-8,12,17H,3-5,9-11,13-14H2,1-2H3,(H,19,21)/t17-/m0/s1. The van der Waals surface area contributed by atoms with Gasteiger partial charge in [-0.15, -0.1) is 0 Å². The molecule has 1 aliphatic heterocycles. The topological polar surface area (TPSA) is 50.8 Å². The lowest BCUT2D eigenvalue weighted by Crippen LogP contribution is -2.53. The van der Waals surface area contributed by atoms with Crippen LogP contribution in [0.2, 0.25) is 0 Å². The molecule has 1 aromatic carbocycles. The first-order valence-electron chi connectivity index (χ1n) is 8.55. The third-order valence-corrected chi connectivity index (χ3v) is 4.08. The van der Waals surface area contributed by atoms with Crippen molar-refractivity contribution in [3.05, 3.63) is 29.8 Å². The van der Waals surface area contributed by atoms with Gasteiger partial charge in [-0.25, -0.2) is 0 Å². The van der Waals surface area contributed by atoms with Gasteiger partial charge in [0.05, 0.1) is 19.8 Å². The van der Waals surface area contributed by atoms with E-state index in [1.165, 1.54) is 0 Å². The molecule has 0 bridgehead atoms. The maximum absolute atomic E-state index is 12.4. The lowest BCUT2D eigenvalue weighted by atomic mass is 10.2. The number of carbonyl (C=O) groups excluding carboxylic acids is 1. The lowest BCUT2D eigenvalue weighted by Gasteiger charge is -2.33. The number of hydrogen-bond acceptors (Lipinski definition) is 4. The molecule has 1 N–H and O–H groups in total. The molecule has 1 heterocycles. The molecule has 5 nitrogen and oxygen atoms in total. The van der Waals surface area contributed by atoms with Crippen molar-refractivity contribution in [1.82, 2.24) is 10.2 Å². The second-order valence-electron chi connectivity index (χ2n) is 5.79. The van der Waals surface area contributed by atoms with E-state index in [0.717, 1.165) is 43.9 Å². The zero-order valence-corrected chi connectivity index (χ0v) is 14.2. The van der Waals surface area contributed by atoms with Crippen molar-refractivity contribution in [2.75, 3.05) is 32.9 Å². The Bertz CT molecular complexity index is 493. The fourth-order valence-electron chi connectivity index (χ4n) is 2.64. The number of likely N-dealkylation sites (N-methyl/N-ethyl adjacent to an activating group) is 1. The molecule has 128 valence electrons. The molecule has 1 saturated heterocycles. The third-order valence-electron chi connectivity index (χ3n) is 4.08. The Morgan fingerprint density at radius 3 is 3.09 bits per heavy atom. The quantitative estimate of drug-likeness (QED) is 0.746. The molecule has 0 aliphatic carbocycles. The largest absolute Gasteiger partial charge is 0.494 e. The Labute approximate surface area is 139 Å². The number of morpholine rings is 1. The average molecular weight is 320 g/mol. The van der Waals surface area contributed by atoms with Crippen LogP contribution >= 0.6 is 0 Å². The Kier molecular flexibility index (Phi) is 7.36. The van der Waals surface area contributed by atoms with Gasteiger partial charge in [-0.05, 0) is 30.7 Å². The molecule has 0 saturated carbocycles. The highest BCUT2D eigenvalue weighted by molar-refractivity contribution is 5.82. The molecule has 1 atom stereocenters. The highest BCUT2D eigenvalue weighted by Crippen LogP contribution is 2.14. The van der Waals surface area contributed by atoms with E-state index in [4.69, 9.17) is 9.47 Å². The van der Waals surface area contributed by atoms with Crippen molar-refractivity contribution in [1.29, 1.82) is 0 Å². The SMILES string of the molecule is CCCCOc1cccc(CNC(=O)[C@@H]2COCCN2CC)c1. The van der Waals surface area contributed by atoms with E-state index in [1.54, 1.807) is 0 Å². The summed E-state index contributed by atoms with van der Waals surface area (Å²) in [4.78, 5) is 14.5. The van der Waals surface area contributed by atoms with Crippen molar-refractivity contribution in [3.63, 3.8) is 0 Å². The van der Waals surface area contributed by atoms with Crippen LogP contribution in [0.1, 0.15) is 32.3 Å². The van der Waals surface area contributed by atoms with Crippen molar-refractivity contribution in [2.45, 2.75) is 39.3 Å². The van der Waals surface area contributed by atoms with Gasteiger partial charge in [0.25, 0.3) is 0 Å². The summed E-state index contributed by atoms with van der Waals surface area (Å²) in [5.74, 6) is 0.894. The summed E-state index contributed by atoms with van der Waals surface area (Å²) in [6.45, 7) is 8.31. The summed E-state index contributed by atoms with van der Waals surface area (Å²) in [5, 5.41) is 3.01. The fourth-order valence-corrected chi connectivity index (χ4v) is 2.64. The van der Waals surface area contributed by atoms with Crippen LogP contribution in [0.25, 0.3) is 0 Å². The molecule has 2 rings (SSSR count). The summed E-state index contributed by atoms with van der Waals surface area (Å²) in [6, 6.07) is 7.73. The first-order valence-corrected chi connectivity index (χ1v) is 8.55. The smallest absolute Gasteiger partial charge is 0.240 e. The van der Waals surface area contributed by atoms with E-state index in [2.05, 4.69) is 24.1 Å². The zero-order valence-electron chi connectivity index (χ0n) is 14.2. The first-order chi connectivity index (χ1) is 11.2. The van der Waals surface area contributed by atoms with Crippen molar-refractivity contribution in [3.8, 4) is 5.75 Å². The molecule has 0 spiro atoms. The minimum Gasteiger partial charge on any atom is -0.494 e. The molecule has 0 radical (unpaired) electrons. The maximum atomic E-state index is 12.4. The molecule has 1 fully saturated rings. The Morgan fingerprint density at radius 2 is 2.30 bits per heavy atom. The third kappa shape index (κ3) is 5.52. The van der Waals surface area contributed by atoms with Crippen molar-refractivity contribution in [2.24, 2.45) is 0 Å². The van der Waals surface area contributed by atoms with E-state index in [1.807, 2.05) is 24.3 Å². The van der Waals surface area contributed by atoms with Crippen LogP contribution in [0.4, 0.5) is 0 Å². The predicted molar refractivity (Wildman–Crippen MR) is 90.5 cm³/mol. The summed E-state index contributed by atoms with van der Waals surface area (Å²) in [6.07, 6.45) is 2.17. The lowest BCUT2D eigenvalue weighted by molar-refractivity contribution is -0.132. The monoisotopic (exact) mass is 320 g/mol. The number of ether oxygens (including phenoxy) is 2. The first kappa shape index (κ1) is 17.8. The predicted octanol–water partition coefficient (Wildman–Crippen LogP) is 2.20. The number of amides is 1. The molecule has 0 unspecified atom stereocenters. The summed E-state index contributed by atoms with van der Waals surface area (Å²) in [5.41, 5.74) is 1.05. The number of unbranched alkanes of at least 4 members (excludes halogenated alkanes) is 1. The second-order valence-corrected chi connectivity index (χ2v) is 5.79. The molecule has 23 heavy (non-hydrogen) atoms. The molecule has 1 aromatic rings. The number of carbonyl (C=O) groups is 1. The van der Waals surface area contributed by atoms with Gasteiger partial charge < -0.3 is 14.8 Å². The van der Waals surface area contributed by atoms with Gasteiger partial charge in [0.2, 0.25) is 5.91 Å². The van der Waals surface area contributed by atoms with Gasteiger partial charge in [0.15, 0.2) is 0 Å². The number of nitrogens with one attached hydrogen (secondary N) is 1. The number of rotatable bonds is 8. The van der Waals surface area contributed by atoms with Gasteiger partial charge >= 0.3 is 0 Å². The van der Waals surface area contributed by atoms with Crippen molar-refractivity contribution >= 4 is 5.91 Å². The average Bonchev–Trinajstić information content (AvgIpc) is 2.60. The summed E-state index contributed by atoms with van der Waals surface area (Å²) >= 11 is 0. The highest BCUT2D eigenvalue weighted by atomic mass is 16.5. The number of benzene rings is 1. The van der Waals surface area contributed by atoms with Crippen LogP contribution in [0.3, 0.4) is 0 Å². The zero-order chi connectivity index (χ0) is 16.5. The van der Waals surface area contributed by atoms with E-state index in [0.29, 0.717) is 19.8 Å². The summed E-state index contributed by atoms with van der Waals surface area (Å²) < 4.78 is 11.1. The van der Waals surface area contributed by atoms with Crippen LogP contribution < -0.4 is 10.1 Å². The Balaban J connectivity index is 1.84. The van der Waals surface area contributed by atoms with Gasteiger partial charge in [-0.1, -0.05) is 32.4 Å². The van der Waals surface area contributed by atoms with Gasteiger partial charge in [0.1, 0.15) is 11.8 Å². The van der Waals surface area contributed by atoms with Crippen LogP contribution in [0.15, 0.2) is 24.3 Å². The molecular weight excluding hydrogens is 292 g/mol. The van der Waals surface area contributed by atoms with E-state index in [-0.39, 0.29) is 11.9 Å². The minimum atomic E-state index is -0.183. The van der Waals surface area contributed by atoms with Crippen LogP contribution in [-0.2, 0) is 16.1 Å². The van der Waals surface area contributed by atoms with Crippen molar-refractivity contribution < 1.29 is 14.3 Å². The minimum absolute atomic E-state index is 0.0313. The van der Waals surface area contributed by atoms with Gasteiger partial charge in [-0.2, -0.15) is 0 Å². The number of nitrogens with zero attached hydrogens (tertiary/aromatic N) is 1. The molecule has 0 aromatic heterocycles. The van der Waals surface area contributed by atoms with Crippen LogP contribution in [-0.4, -0.2) is 49.8 Å². The highest BCUT2D eigenvalue weighted by Gasteiger charge is 2.27. The molecule has 1 amide bonds. The van der Waals surface area contributed by atoms with Gasteiger partial charge in [0, 0.05) is 13.1 Å².